The predicted octanol–water partition coefficient (Wildman–Crippen LogP) is 3.04. The molecule has 1 N–H and O–H groups in total. The molecule has 1 aliphatic carbocycles. The summed E-state index contributed by atoms with van der Waals surface area (Å²) in [5.74, 6) is 0.779. The highest BCUT2D eigenvalue weighted by Gasteiger charge is 2.17. The molecule has 0 unspecified atom stereocenters. The smallest absolute Gasteiger partial charge is 0.144 e. The average Bonchev–Trinajstić information content (AvgIpc) is 2.81. The van der Waals surface area contributed by atoms with Gasteiger partial charge in [-0.2, -0.15) is 5.26 Å². The van der Waals surface area contributed by atoms with Gasteiger partial charge in [0.05, 0.1) is 5.56 Å². The molecule has 0 bridgehead atoms. The zero-order valence-corrected chi connectivity index (χ0v) is 10.6. The van der Waals surface area contributed by atoms with Gasteiger partial charge in [-0.25, -0.2) is 4.98 Å². The lowest BCUT2D eigenvalue weighted by atomic mass is 10.1. The zero-order chi connectivity index (χ0) is 12.3. The molecule has 1 aliphatic rings. The molecule has 1 aromatic heterocycles. The fraction of sp³-hybridized carbons (Fsp3) is 0.571. The minimum atomic E-state index is 0.411. The number of aryl methyl sites for hydroxylation is 2. The second kappa shape index (κ2) is 5.18. The molecule has 0 spiro atoms. The lowest BCUT2D eigenvalue weighted by Crippen LogP contribution is -2.19. The first kappa shape index (κ1) is 11.9. The number of fused-ring (bicyclic) bond motifs is 1. The number of anilines is 1. The van der Waals surface area contributed by atoms with Gasteiger partial charge in [0.25, 0.3) is 0 Å². The Morgan fingerprint density at radius 3 is 2.82 bits per heavy atom. The summed E-state index contributed by atoms with van der Waals surface area (Å²) in [4.78, 5) is 4.63. The molecule has 0 atom stereocenters. The van der Waals surface area contributed by atoms with Crippen LogP contribution in [0.3, 0.4) is 0 Å². The van der Waals surface area contributed by atoms with E-state index in [1.54, 1.807) is 0 Å². The Morgan fingerprint density at radius 2 is 2.18 bits per heavy atom. The number of pyridine rings is 1. The largest absolute Gasteiger partial charge is 0.366 e. The molecule has 0 aliphatic heterocycles. The summed E-state index contributed by atoms with van der Waals surface area (Å²) in [6.45, 7) is 4.31. The van der Waals surface area contributed by atoms with Crippen molar-refractivity contribution in [3.8, 4) is 6.07 Å². The first-order valence-corrected chi connectivity index (χ1v) is 6.47. The van der Waals surface area contributed by atoms with E-state index in [1.165, 1.54) is 17.7 Å². The Bertz CT molecular complexity index is 442. The van der Waals surface area contributed by atoms with E-state index in [0.717, 1.165) is 31.5 Å². The van der Waals surface area contributed by atoms with Gasteiger partial charge in [-0.05, 0) is 43.7 Å². The van der Waals surface area contributed by atoms with Crippen LogP contribution in [0.1, 0.15) is 49.9 Å². The summed E-state index contributed by atoms with van der Waals surface area (Å²) in [7, 11) is 0. The van der Waals surface area contributed by atoms with Crippen molar-refractivity contribution < 1.29 is 0 Å². The summed E-state index contributed by atoms with van der Waals surface area (Å²) in [5.41, 5.74) is 3.13. The number of nitriles is 1. The molecule has 3 heteroatoms. The van der Waals surface area contributed by atoms with Crippen LogP contribution in [0.15, 0.2) is 6.07 Å². The number of rotatable bonds is 4. The Hall–Kier alpha value is -1.56. The minimum absolute atomic E-state index is 0.411. The lowest BCUT2D eigenvalue weighted by molar-refractivity contribution is 0.667. The van der Waals surface area contributed by atoms with Crippen LogP contribution in [0, 0.1) is 11.3 Å². The molecule has 3 nitrogen and oxygen atoms in total. The van der Waals surface area contributed by atoms with E-state index in [1.807, 2.05) is 6.07 Å². The standard InChI is InChI=1S/C14H19N3/c1-3-12(4-2)16-14-11(9-15)8-10-6-5-7-13(10)17-14/h8,12H,3-7H2,1-2H3,(H,16,17). The molecule has 0 saturated carbocycles. The van der Waals surface area contributed by atoms with Crippen molar-refractivity contribution in [1.29, 1.82) is 5.26 Å². The third-order valence-corrected chi connectivity index (χ3v) is 3.50. The monoisotopic (exact) mass is 229 g/mol. The molecule has 1 heterocycles. The van der Waals surface area contributed by atoms with Gasteiger partial charge in [0, 0.05) is 11.7 Å². The molecule has 17 heavy (non-hydrogen) atoms. The fourth-order valence-corrected chi connectivity index (χ4v) is 2.35. The Morgan fingerprint density at radius 1 is 1.41 bits per heavy atom. The van der Waals surface area contributed by atoms with Crippen LogP contribution in [0.2, 0.25) is 0 Å². The number of nitrogens with one attached hydrogen (secondary N) is 1. The van der Waals surface area contributed by atoms with Crippen LogP contribution in [0.4, 0.5) is 5.82 Å². The van der Waals surface area contributed by atoms with E-state index < -0.39 is 0 Å². The predicted molar refractivity (Wildman–Crippen MR) is 69.0 cm³/mol. The van der Waals surface area contributed by atoms with E-state index in [4.69, 9.17) is 0 Å². The van der Waals surface area contributed by atoms with Gasteiger partial charge in [0.2, 0.25) is 0 Å². The third-order valence-electron chi connectivity index (χ3n) is 3.50. The fourth-order valence-electron chi connectivity index (χ4n) is 2.35. The molecule has 90 valence electrons. The van der Waals surface area contributed by atoms with Gasteiger partial charge < -0.3 is 5.32 Å². The van der Waals surface area contributed by atoms with Crippen LogP contribution < -0.4 is 5.32 Å². The third kappa shape index (κ3) is 2.41. The quantitative estimate of drug-likeness (QED) is 0.863. The van der Waals surface area contributed by atoms with Crippen molar-refractivity contribution in [2.45, 2.75) is 52.0 Å². The maximum absolute atomic E-state index is 9.18. The maximum atomic E-state index is 9.18. The molecular formula is C14H19N3. The molecule has 0 aromatic carbocycles. The topological polar surface area (TPSA) is 48.7 Å². The van der Waals surface area contributed by atoms with E-state index in [0.29, 0.717) is 11.6 Å². The van der Waals surface area contributed by atoms with Gasteiger partial charge >= 0.3 is 0 Å². The number of hydrogen-bond donors (Lipinski definition) is 1. The molecule has 2 rings (SSSR count). The maximum Gasteiger partial charge on any atom is 0.144 e. The highest BCUT2D eigenvalue weighted by atomic mass is 15.0. The summed E-state index contributed by atoms with van der Waals surface area (Å²) in [6, 6.07) is 4.68. The van der Waals surface area contributed by atoms with Gasteiger partial charge in [0.1, 0.15) is 11.9 Å². The average molecular weight is 229 g/mol. The Labute approximate surface area is 103 Å². The zero-order valence-electron chi connectivity index (χ0n) is 10.6. The van der Waals surface area contributed by atoms with Crippen LogP contribution in [-0.2, 0) is 12.8 Å². The first-order valence-electron chi connectivity index (χ1n) is 6.47. The van der Waals surface area contributed by atoms with Crippen molar-refractivity contribution in [2.24, 2.45) is 0 Å². The number of aromatic nitrogens is 1. The molecule has 0 fully saturated rings. The highest BCUT2D eigenvalue weighted by molar-refractivity contribution is 5.55. The number of hydrogen-bond acceptors (Lipinski definition) is 3. The van der Waals surface area contributed by atoms with E-state index in [9.17, 15) is 5.26 Å². The normalized spacial score (nSPS) is 13.5. The van der Waals surface area contributed by atoms with Crippen LogP contribution in [0.5, 0.6) is 0 Å². The van der Waals surface area contributed by atoms with Gasteiger partial charge in [0.15, 0.2) is 0 Å². The van der Waals surface area contributed by atoms with Crippen molar-refractivity contribution in [1.82, 2.24) is 4.98 Å². The van der Waals surface area contributed by atoms with E-state index in [2.05, 4.69) is 30.2 Å². The van der Waals surface area contributed by atoms with Crippen molar-refractivity contribution in [3.05, 3.63) is 22.9 Å². The van der Waals surface area contributed by atoms with Crippen molar-refractivity contribution in [2.75, 3.05) is 5.32 Å². The number of nitrogens with zero attached hydrogens (tertiary/aromatic N) is 2. The molecule has 0 radical (unpaired) electrons. The summed E-state index contributed by atoms with van der Waals surface area (Å²) in [5, 5.41) is 12.6. The SMILES string of the molecule is CCC(CC)Nc1nc2c(cc1C#N)CCC2. The minimum Gasteiger partial charge on any atom is -0.366 e. The highest BCUT2D eigenvalue weighted by Crippen LogP contribution is 2.25. The van der Waals surface area contributed by atoms with E-state index in [-0.39, 0.29) is 0 Å². The van der Waals surface area contributed by atoms with Crippen LogP contribution >= 0.6 is 0 Å². The van der Waals surface area contributed by atoms with Crippen LogP contribution in [-0.4, -0.2) is 11.0 Å². The van der Waals surface area contributed by atoms with Gasteiger partial charge in [-0.15, -0.1) is 0 Å². The second-order valence-electron chi connectivity index (χ2n) is 4.61. The molecule has 1 aromatic rings. The summed E-state index contributed by atoms with van der Waals surface area (Å²) in [6.07, 6.45) is 5.41. The molecule has 0 amide bonds. The van der Waals surface area contributed by atoms with Crippen molar-refractivity contribution in [3.63, 3.8) is 0 Å². The molecule has 0 saturated heterocycles. The van der Waals surface area contributed by atoms with Gasteiger partial charge in [-0.1, -0.05) is 13.8 Å². The van der Waals surface area contributed by atoms with Crippen LogP contribution in [0.25, 0.3) is 0 Å². The van der Waals surface area contributed by atoms with E-state index >= 15 is 0 Å². The Balaban J connectivity index is 2.30. The molecular weight excluding hydrogens is 210 g/mol. The summed E-state index contributed by atoms with van der Waals surface area (Å²) >= 11 is 0. The first-order chi connectivity index (χ1) is 8.28. The lowest BCUT2D eigenvalue weighted by Gasteiger charge is -2.17. The second-order valence-corrected chi connectivity index (χ2v) is 4.61. The van der Waals surface area contributed by atoms with Crippen molar-refractivity contribution >= 4 is 5.82 Å². The Kier molecular flexibility index (Phi) is 3.63. The summed E-state index contributed by atoms with van der Waals surface area (Å²) < 4.78 is 0. The van der Waals surface area contributed by atoms with Gasteiger partial charge in [-0.3, -0.25) is 0 Å².